The van der Waals surface area contributed by atoms with Crippen molar-refractivity contribution in [3.8, 4) is 11.1 Å². The fraction of sp³-hybridized carbons (Fsp3) is 0.391. The molecule has 0 amide bonds. The van der Waals surface area contributed by atoms with Gasteiger partial charge in [-0.3, -0.25) is 0 Å². The fourth-order valence-electron chi connectivity index (χ4n) is 4.07. The average molecular weight is 466 g/mol. The van der Waals surface area contributed by atoms with E-state index in [-0.39, 0.29) is 3.63 Å². The second-order valence-electron chi connectivity index (χ2n) is 7.68. The third-order valence-corrected chi connectivity index (χ3v) is 10.9. The van der Waals surface area contributed by atoms with Crippen molar-refractivity contribution < 1.29 is 19.4 Å². The first-order valence-corrected chi connectivity index (χ1v) is 17.2. The zero-order valence-electron chi connectivity index (χ0n) is 16.2. The summed E-state index contributed by atoms with van der Waals surface area (Å²) < 4.78 is 0.288. The molecule has 0 radical (unpaired) electrons. The molecule has 0 bridgehead atoms. The molecule has 3 heteroatoms. The van der Waals surface area contributed by atoms with E-state index >= 15 is 0 Å². The van der Waals surface area contributed by atoms with E-state index in [0.29, 0.717) is 11.8 Å². The summed E-state index contributed by atoms with van der Waals surface area (Å²) in [5.74, 6) is 1.01. The third-order valence-electron chi connectivity index (χ3n) is 5.69. The summed E-state index contributed by atoms with van der Waals surface area (Å²) in [6.07, 6.45) is 3.54. The standard InChI is InChI=1S/C23H27.2ClH.Zr/c1-6-16(4)19-13-18-12-11-17(5)23(22(18)14-19)21-10-8-7-9-20(21)15(2)3;;;/h7-16H,6H2,1-5H3;2*1H;/q;;;+2/p-2. The van der Waals surface area contributed by atoms with E-state index in [4.69, 9.17) is 17.0 Å². The Labute approximate surface area is 173 Å². The summed E-state index contributed by atoms with van der Waals surface area (Å²) in [5.41, 5.74) is 9.63. The van der Waals surface area contributed by atoms with Crippen molar-refractivity contribution in [2.45, 2.75) is 50.6 Å². The van der Waals surface area contributed by atoms with Crippen LogP contribution in [0, 0.1) is 12.8 Å². The van der Waals surface area contributed by atoms with Gasteiger partial charge in [0.2, 0.25) is 0 Å². The van der Waals surface area contributed by atoms with Gasteiger partial charge in [-0.15, -0.1) is 0 Å². The minimum absolute atomic E-state index is 0.288. The molecule has 26 heavy (non-hydrogen) atoms. The van der Waals surface area contributed by atoms with Gasteiger partial charge >= 0.3 is 174 Å². The van der Waals surface area contributed by atoms with Crippen LogP contribution in [0.5, 0.6) is 0 Å². The Hall–Kier alpha value is -0.357. The number of hydrogen-bond donors (Lipinski definition) is 0. The molecule has 0 nitrogen and oxygen atoms in total. The summed E-state index contributed by atoms with van der Waals surface area (Å²) >= 11 is -2.48. The van der Waals surface area contributed by atoms with Gasteiger partial charge in [0.15, 0.2) is 0 Å². The Morgan fingerprint density at radius 3 is 2.35 bits per heavy atom. The van der Waals surface area contributed by atoms with Gasteiger partial charge in [-0.1, -0.05) is 0 Å². The van der Waals surface area contributed by atoms with Crippen LogP contribution in [0.15, 0.2) is 42.0 Å². The monoisotopic (exact) mass is 463 g/mol. The molecule has 3 rings (SSSR count). The van der Waals surface area contributed by atoms with Crippen LogP contribution in [0.2, 0.25) is 0 Å². The first-order chi connectivity index (χ1) is 12.4. The first-order valence-electron chi connectivity index (χ1n) is 9.48. The van der Waals surface area contributed by atoms with Crippen LogP contribution < -0.4 is 0 Å². The second-order valence-corrected chi connectivity index (χ2v) is 16.5. The van der Waals surface area contributed by atoms with Crippen LogP contribution in [0.3, 0.4) is 0 Å². The van der Waals surface area contributed by atoms with Crippen molar-refractivity contribution in [2.75, 3.05) is 0 Å². The van der Waals surface area contributed by atoms with E-state index in [1.54, 1.807) is 0 Å². The predicted molar refractivity (Wildman–Crippen MR) is 113 cm³/mol. The summed E-state index contributed by atoms with van der Waals surface area (Å²) in [6.45, 7) is 11.3. The SMILES string of the molecule is CCC(C)C1=Cc2c(ccc(C)c2-c2ccccc2C(C)C)[CH]1[Zr]([Cl])[Cl]. The maximum absolute atomic E-state index is 6.65. The van der Waals surface area contributed by atoms with E-state index in [2.05, 4.69) is 77.1 Å². The topological polar surface area (TPSA) is 0 Å². The Morgan fingerprint density at radius 2 is 1.73 bits per heavy atom. The van der Waals surface area contributed by atoms with Gasteiger partial charge in [0.1, 0.15) is 0 Å². The van der Waals surface area contributed by atoms with E-state index in [0.717, 1.165) is 6.42 Å². The van der Waals surface area contributed by atoms with Crippen LogP contribution in [0.1, 0.15) is 65.9 Å². The van der Waals surface area contributed by atoms with E-state index in [1.165, 1.54) is 39.0 Å². The van der Waals surface area contributed by atoms with E-state index in [1.807, 2.05) is 0 Å². The van der Waals surface area contributed by atoms with Gasteiger partial charge in [0.25, 0.3) is 0 Å². The van der Waals surface area contributed by atoms with Crippen LogP contribution in [-0.2, 0) is 19.4 Å². The zero-order valence-corrected chi connectivity index (χ0v) is 20.2. The molecule has 0 heterocycles. The minimum atomic E-state index is -2.48. The predicted octanol–water partition coefficient (Wildman–Crippen LogP) is 8.20. The molecule has 2 aromatic rings. The zero-order chi connectivity index (χ0) is 19.0. The first kappa shape index (κ1) is 20.4. The molecule has 0 saturated heterocycles. The van der Waals surface area contributed by atoms with Crippen molar-refractivity contribution in [1.29, 1.82) is 0 Å². The van der Waals surface area contributed by atoms with Gasteiger partial charge in [0, 0.05) is 0 Å². The summed E-state index contributed by atoms with van der Waals surface area (Å²) in [7, 11) is 13.3. The molecule has 137 valence electrons. The van der Waals surface area contributed by atoms with Gasteiger partial charge in [-0.25, -0.2) is 0 Å². The number of allylic oxidation sites excluding steroid dienone is 1. The molecular formula is C23H27Cl2Zr. The Bertz CT molecular complexity index is 836. The molecule has 0 aliphatic heterocycles. The molecule has 0 spiro atoms. The average Bonchev–Trinajstić information content (AvgIpc) is 3.00. The van der Waals surface area contributed by atoms with Crippen LogP contribution >= 0.6 is 17.0 Å². The van der Waals surface area contributed by atoms with Gasteiger partial charge < -0.3 is 0 Å². The molecular weight excluding hydrogens is 438 g/mol. The summed E-state index contributed by atoms with van der Waals surface area (Å²) in [6, 6.07) is 13.3. The van der Waals surface area contributed by atoms with Crippen LogP contribution in [0.4, 0.5) is 0 Å². The Balaban J connectivity index is 2.28. The van der Waals surface area contributed by atoms with Gasteiger partial charge in [-0.05, 0) is 0 Å². The van der Waals surface area contributed by atoms with Crippen molar-refractivity contribution in [3.63, 3.8) is 0 Å². The Kier molecular flexibility index (Phi) is 6.54. The molecule has 0 aromatic heterocycles. The number of benzene rings is 2. The number of halogens is 2. The third kappa shape index (κ3) is 3.65. The van der Waals surface area contributed by atoms with E-state index < -0.39 is 19.4 Å². The quantitative estimate of drug-likeness (QED) is 0.417. The molecule has 0 N–H and O–H groups in total. The van der Waals surface area contributed by atoms with Crippen molar-refractivity contribution in [1.82, 2.24) is 0 Å². The molecule has 0 fully saturated rings. The van der Waals surface area contributed by atoms with Crippen molar-refractivity contribution in [2.24, 2.45) is 5.92 Å². The van der Waals surface area contributed by atoms with Crippen molar-refractivity contribution >= 4 is 23.1 Å². The van der Waals surface area contributed by atoms with Crippen LogP contribution in [0.25, 0.3) is 17.2 Å². The molecule has 2 unspecified atom stereocenters. The van der Waals surface area contributed by atoms with Crippen LogP contribution in [-0.4, -0.2) is 0 Å². The summed E-state index contributed by atoms with van der Waals surface area (Å²) in [5, 5.41) is 0. The molecule has 1 aliphatic carbocycles. The fourth-order valence-corrected chi connectivity index (χ4v) is 9.67. The maximum atomic E-state index is 6.65. The number of hydrogen-bond acceptors (Lipinski definition) is 0. The molecule has 2 atom stereocenters. The van der Waals surface area contributed by atoms with Gasteiger partial charge in [-0.2, -0.15) is 0 Å². The number of aryl methyl sites for hydroxylation is 1. The normalized spacial score (nSPS) is 17.2. The summed E-state index contributed by atoms with van der Waals surface area (Å²) in [4.78, 5) is 0. The Morgan fingerprint density at radius 1 is 1.04 bits per heavy atom. The molecule has 0 saturated carbocycles. The van der Waals surface area contributed by atoms with Gasteiger partial charge in [0.05, 0.1) is 0 Å². The van der Waals surface area contributed by atoms with Crippen molar-refractivity contribution in [3.05, 3.63) is 64.2 Å². The van der Waals surface area contributed by atoms with E-state index in [9.17, 15) is 0 Å². The second kappa shape index (κ2) is 8.34. The number of rotatable bonds is 5. The molecule has 1 aliphatic rings. The number of fused-ring (bicyclic) bond motifs is 1. The molecule has 2 aromatic carbocycles.